The van der Waals surface area contributed by atoms with E-state index in [0.717, 1.165) is 16.9 Å². The van der Waals surface area contributed by atoms with Crippen molar-refractivity contribution in [3.05, 3.63) is 70.4 Å². The predicted octanol–water partition coefficient (Wildman–Crippen LogP) is 4.36. The molecule has 0 radical (unpaired) electrons. The first-order valence-corrected chi connectivity index (χ1v) is 11.5. The van der Waals surface area contributed by atoms with Crippen molar-refractivity contribution >= 4 is 34.2 Å². The van der Waals surface area contributed by atoms with Gasteiger partial charge in [-0.05, 0) is 43.2 Å². The zero-order valence-electron chi connectivity index (χ0n) is 19.1. The fraction of sp³-hybridized carbons (Fsp3) is 0.250. The minimum atomic E-state index is -0.457. The fourth-order valence-corrected chi connectivity index (χ4v) is 3.92. The number of amides is 3. The first-order valence-electron chi connectivity index (χ1n) is 10.7. The Balaban J connectivity index is 1.57. The van der Waals surface area contributed by atoms with E-state index in [1.807, 2.05) is 19.1 Å². The van der Waals surface area contributed by atoms with Crippen LogP contribution in [0.4, 0.5) is 9.80 Å². The van der Waals surface area contributed by atoms with Gasteiger partial charge >= 0.3 is 12.0 Å². The molecule has 34 heavy (non-hydrogen) atoms. The number of carbonyl (C=O) groups is 3. The highest BCUT2D eigenvalue weighted by atomic mass is 32.1. The Kier molecular flexibility index (Phi) is 8.58. The van der Waals surface area contributed by atoms with E-state index in [1.54, 1.807) is 37.3 Å². The summed E-state index contributed by atoms with van der Waals surface area (Å²) >= 11 is 1.35. The average molecular weight is 483 g/mol. The summed E-state index contributed by atoms with van der Waals surface area (Å²) in [7, 11) is 1.53. The lowest BCUT2D eigenvalue weighted by atomic mass is 10.2. The van der Waals surface area contributed by atoms with E-state index < -0.39 is 12.0 Å². The maximum absolute atomic E-state index is 12.4. The van der Waals surface area contributed by atoms with Gasteiger partial charge in [0.1, 0.15) is 22.2 Å². The molecule has 3 rings (SSSR count). The van der Waals surface area contributed by atoms with E-state index in [4.69, 9.17) is 9.47 Å². The molecule has 0 atom stereocenters. The number of anilines is 1. The van der Waals surface area contributed by atoms with Crippen LogP contribution in [0.1, 0.15) is 45.1 Å². The Morgan fingerprint density at radius 3 is 2.47 bits per heavy atom. The van der Waals surface area contributed by atoms with Gasteiger partial charge in [-0.25, -0.2) is 9.59 Å². The molecule has 2 aromatic heterocycles. The second-order valence-corrected chi connectivity index (χ2v) is 8.18. The van der Waals surface area contributed by atoms with Crippen LogP contribution in [0, 0.1) is 0 Å². The largest absolute Gasteiger partial charge is 0.462 e. The van der Waals surface area contributed by atoms with Crippen molar-refractivity contribution in [2.24, 2.45) is 0 Å². The van der Waals surface area contributed by atoms with Gasteiger partial charge in [0.05, 0.1) is 12.2 Å². The lowest BCUT2D eigenvalue weighted by Crippen LogP contribution is -2.28. The highest BCUT2D eigenvalue weighted by molar-refractivity contribution is 7.16. The number of aryl methyl sites for hydroxylation is 1. The maximum atomic E-state index is 12.4. The van der Waals surface area contributed by atoms with Gasteiger partial charge in [-0.2, -0.15) is 0 Å². The number of ether oxygens (including phenoxy) is 2. The Bertz CT molecular complexity index is 1160. The zero-order chi connectivity index (χ0) is 24.5. The van der Waals surface area contributed by atoms with Gasteiger partial charge in [0.2, 0.25) is 0 Å². The topological polar surface area (TPSA) is 119 Å². The zero-order valence-corrected chi connectivity index (χ0v) is 20.0. The third-order valence-corrected chi connectivity index (χ3v) is 5.85. The van der Waals surface area contributed by atoms with Crippen molar-refractivity contribution in [3.63, 3.8) is 0 Å². The number of pyridine rings is 1. The molecule has 3 N–H and O–H groups in total. The molecule has 0 saturated carbocycles. The van der Waals surface area contributed by atoms with Crippen LogP contribution in [0.15, 0.2) is 48.7 Å². The lowest BCUT2D eigenvalue weighted by Gasteiger charge is -2.10. The highest BCUT2D eigenvalue weighted by Crippen LogP contribution is 2.29. The molecule has 10 heteroatoms. The first kappa shape index (κ1) is 24.7. The standard InChI is InChI=1S/C24H26N4O5S/c1-4-18-13-19(23(30)32-5-2)22(34-18)28-24(31)27-14-15-6-8-16(9-7-15)33-17-10-11-26-20(12-17)21(29)25-3/h6-13H,4-5,14H2,1-3H3,(H,25,29)(H2,27,28,31). The minimum Gasteiger partial charge on any atom is -0.462 e. The normalized spacial score (nSPS) is 10.3. The molecule has 9 nitrogen and oxygen atoms in total. The number of thiophene rings is 1. The van der Waals surface area contributed by atoms with Crippen molar-refractivity contribution in [3.8, 4) is 11.5 Å². The number of aromatic nitrogens is 1. The van der Waals surface area contributed by atoms with Gasteiger partial charge < -0.3 is 20.1 Å². The van der Waals surface area contributed by atoms with Crippen molar-refractivity contribution in [1.29, 1.82) is 0 Å². The molecule has 0 aliphatic heterocycles. The monoisotopic (exact) mass is 482 g/mol. The number of benzene rings is 1. The number of urea groups is 1. The van der Waals surface area contributed by atoms with Gasteiger partial charge in [0, 0.05) is 30.7 Å². The minimum absolute atomic E-state index is 0.259. The summed E-state index contributed by atoms with van der Waals surface area (Å²) in [6, 6.07) is 11.7. The van der Waals surface area contributed by atoms with E-state index in [2.05, 4.69) is 20.9 Å². The molecule has 1 aromatic carbocycles. The van der Waals surface area contributed by atoms with Gasteiger partial charge in [-0.15, -0.1) is 11.3 Å². The van der Waals surface area contributed by atoms with Crippen LogP contribution in [0.25, 0.3) is 0 Å². The Hall–Kier alpha value is -3.92. The summed E-state index contributed by atoms with van der Waals surface area (Å²) in [5.74, 6) is 0.305. The summed E-state index contributed by atoms with van der Waals surface area (Å²) in [5, 5.41) is 8.50. The molecule has 0 bridgehead atoms. The lowest BCUT2D eigenvalue weighted by molar-refractivity contribution is 0.0528. The summed E-state index contributed by atoms with van der Waals surface area (Å²) in [5.41, 5.74) is 1.47. The molecule has 3 amide bonds. The Morgan fingerprint density at radius 1 is 1.03 bits per heavy atom. The van der Waals surface area contributed by atoms with Crippen LogP contribution in [-0.2, 0) is 17.7 Å². The molecule has 0 unspecified atom stereocenters. The average Bonchev–Trinajstić information content (AvgIpc) is 3.26. The van der Waals surface area contributed by atoms with E-state index in [0.29, 0.717) is 22.1 Å². The number of nitrogens with zero attached hydrogens (tertiary/aromatic N) is 1. The number of carbonyl (C=O) groups excluding carboxylic acids is 3. The quantitative estimate of drug-likeness (QED) is 0.390. The second-order valence-electron chi connectivity index (χ2n) is 7.04. The van der Waals surface area contributed by atoms with Crippen molar-refractivity contribution in [2.75, 3.05) is 19.0 Å². The van der Waals surface area contributed by atoms with Crippen molar-refractivity contribution in [2.45, 2.75) is 26.8 Å². The van der Waals surface area contributed by atoms with Crippen molar-refractivity contribution in [1.82, 2.24) is 15.6 Å². The Morgan fingerprint density at radius 2 is 1.79 bits per heavy atom. The Labute approximate surface area is 201 Å². The summed E-state index contributed by atoms with van der Waals surface area (Å²) < 4.78 is 10.9. The SMILES string of the molecule is CCOC(=O)c1cc(CC)sc1NC(=O)NCc1ccc(Oc2ccnc(C(=O)NC)c2)cc1. The third-order valence-electron chi connectivity index (χ3n) is 4.66. The highest BCUT2D eigenvalue weighted by Gasteiger charge is 2.18. The molecular formula is C24H26N4O5S. The van der Waals surface area contributed by atoms with Crippen LogP contribution < -0.4 is 20.7 Å². The number of esters is 1. The number of rotatable bonds is 9. The van der Waals surface area contributed by atoms with Gasteiger partial charge in [0.15, 0.2) is 0 Å². The molecule has 2 heterocycles. The van der Waals surface area contributed by atoms with E-state index in [-0.39, 0.29) is 24.8 Å². The van der Waals surface area contributed by atoms with Crippen LogP contribution in [0.3, 0.4) is 0 Å². The van der Waals surface area contributed by atoms with Gasteiger partial charge in [-0.1, -0.05) is 19.1 Å². The van der Waals surface area contributed by atoms with Crippen LogP contribution in [0.2, 0.25) is 0 Å². The molecule has 0 saturated heterocycles. The van der Waals surface area contributed by atoms with Crippen LogP contribution in [0.5, 0.6) is 11.5 Å². The van der Waals surface area contributed by atoms with E-state index >= 15 is 0 Å². The number of hydrogen-bond donors (Lipinski definition) is 3. The molecular weight excluding hydrogens is 456 g/mol. The van der Waals surface area contributed by atoms with Crippen LogP contribution >= 0.6 is 11.3 Å². The summed E-state index contributed by atoms with van der Waals surface area (Å²) in [6.07, 6.45) is 2.25. The molecule has 0 aliphatic rings. The van der Waals surface area contributed by atoms with Crippen molar-refractivity contribution < 1.29 is 23.9 Å². The molecule has 0 spiro atoms. The van der Waals surface area contributed by atoms with Gasteiger partial charge in [0.25, 0.3) is 5.91 Å². The fourth-order valence-electron chi connectivity index (χ4n) is 2.94. The van der Waals surface area contributed by atoms with E-state index in [9.17, 15) is 14.4 Å². The predicted molar refractivity (Wildman–Crippen MR) is 130 cm³/mol. The van der Waals surface area contributed by atoms with Crippen LogP contribution in [-0.4, -0.2) is 36.5 Å². The summed E-state index contributed by atoms with van der Waals surface area (Å²) in [6.45, 7) is 4.26. The van der Waals surface area contributed by atoms with E-state index in [1.165, 1.54) is 24.6 Å². The third kappa shape index (κ3) is 6.55. The number of hydrogen-bond acceptors (Lipinski definition) is 7. The molecule has 3 aromatic rings. The first-order chi connectivity index (χ1) is 16.4. The smallest absolute Gasteiger partial charge is 0.341 e. The molecule has 178 valence electrons. The summed E-state index contributed by atoms with van der Waals surface area (Å²) in [4.78, 5) is 41.3. The second kappa shape index (κ2) is 11.8. The number of nitrogens with one attached hydrogen (secondary N) is 3. The maximum Gasteiger partial charge on any atom is 0.341 e. The molecule has 0 aliphatic carbocycles. The molecule has 0 fully saturated rings. The van der Waals surface area contributed by atoms with Gasteiger partial charge in [-0.3, -0.25) is 15.1 Å².